The molecule has 2 atom stereocenters. The van der Waals surface area contributed by atoms with Crippen molar-refractivity contribution in [3.8, 4) is 0 Å². The van der Waals surface area contributed by atoms with Crippen LogP contribution in [0.3, 0.4) is 0 Å². The molecule has 2 aromatic rings. The van der Waals surface area contributed by atoms with Crippen LogP contribution in [0.5, 0.6) is 0 Å². The fourth-order valence-corrected chi connectivity index (χ4v) is 4.31. The normalized spacial score (nSPS) is 22.5. The Balaban J connectivity index is 1.53. The zero-order valence-corrected chi connectivity index (χ0v) is 17.0. The zero-order valence-electron chi connectivity index (χ0n) is 17.0. The fourth-order valence-electron chi connectivity index (χ4n) is 4.31. The molecule has 1 aliphatic heterocycles. The molecule has 30 heavy (non-hydrogen) atoms. The molecule has 2 unspecified atom stereocenters. The van der Waals surface area contributed by atoms with Gasteiger partial charge in [-0.1, -0.05) is 13.0 Å². The third kappa shape index (κ3) is 3.09. The molecule has 4 rings (SSSR count). The van der Waals surface area contributed by atoms with Crippen LogP contribution >= 0.6 is 0 Å². The fraction of sp³-hybridized carbons (Fsp3) is 0.348. The van der Waals surface area contributed by atoms with Crippen LogP contribution in [-0.2, 0) is 5.41 Å². The van der Waals surface area contributed by atoms with E-state index in [9.17, 15) is 23.2 Å². The lowest BCUT2D eigenvalue weighted by Gasteiger charge is -2.19. The van der Waals surface area contributed by atoms with Gasteiger partial charge < -0.3 is 5.32 Å². The average Bonchev–Trinajstić information content (AvgIpc) is 3.27. The number of nitrogens with zero attached hydrogens (tertiary/aromatic N) is 1. The molecule has 0 spiro atoms. The van der Waals surface area contributed by atoms with Crippen molar-refractivity contribution in [3.63, 3.8) is 0 Å². The molecule has 0 aromatic heterocycles. The quantitative estimate of drug-likeness (QED) is 0.762. The number of imide groups is 1. The van der Waals surface area contributed by atoms with Crippen molar-refractivity contribution in [2.75, 3.05) is 6.54 Å². The van der Waals surface area contributed by atoms with Crippen molar-refractivity contribution in [2.24, 2.45) is 5.92 Å². The zero-order chi connectivity index (χ0) is 21.8. The minimum atomic E-state index is -0.642. The lowest BCUT2D eigenvalue weighted by atomic mass is 9.92. The van der Waals surface area contributed by atoms with Crippen LogP contribution in [-0.4, -0.2) is 35.2 Å². The van der Waals surface area contributed by atoms with Crippen molar-refractivity contribution >= 4 is 17.7 Å². The molecular weight excluding hydrogens is 390 g/mol. The summed E-state index contributed by atoms with van der Waals surface area (Å²) in [4.78, 5) is 38.8. The summed E-state index contributed by atoms with van der Waals surface area (Å²) < 4.78 is 27.6. The summed E-state index contributed by atoms with van der Waals surface area (Å²) >= 11 is 0. The number of fused-ring (bicyclic) bond motifs is 1. The molecule has 3 amide bonds. The second-order valence-corrected chi connectivity index (χ2v) is 8.40. The predicted octanol–water partition coefficient (Wildman–Crippen LogP) is 3.68. The Hall–Kier alpha value is -3.09. The molecule has 1 saturated carbocycles. The van der Waals surface area contributed by atoms with Crippen LogP contribution in [0.25, 0.3) is 0 Å². The Morgan fingerprint density at radius 3 is 2.40 bits per heavy atom. The van der Waals surface area contributed by atoms with E-state index in [1.54, 1.807) is 13.8 Å². The van der Waals surface area contributed by atoms with Gasteiger partial charge in [-0.2, -0.15) is 0 Å². The Kier molecular flexibility index (Phi) is 4.71. The molecule has 2 aromatic carbocycles. The van der Waals surface area contributed by atoms with Gasteiger partial charge in [-0.3, -0.25) is 19.3 Å². The monoisotopic (exact) mass is 412 g/mol. The van der Waals surface area contributed by atoms with Crippen LogP contribution in [0.15, 0.2) is 36.4 Å². The van der Waals surface area contributed by atoms with E-state index in [2.05, 4.69) is 5.32 Å². The Morgan fingerprint density at radius 1 is 1.13 bits per heavy atom. The highest BCUT2D eigenvalue weighted by atomic mass is 19.1. The number of halogens is 2. The van der Waals surface area contributed by atoms with E-state index in [4.69, 9.17) is 0 Å². The van der Waals surface area contributed by atoms with Crippen molar-refractivity contribution in [1.82, 2.24) is 10.2 Å². The van der Waals surface area contributed by atoms with Gasteiger partial charge in [0.25, 0.3) is 17.7 Å². The van der Waals surface area contributed by atoms with Crippen LogP contribution in [0.4, 0.5) is 8.78 Å². The first-order valence-electron chi connectivity index (χ1n) is 9.91. The molecular formula is C23H22F2N2O3. The Bertz CT molecular complexity index is 1080. The number of nitrogens with one attached hydrogen (secondary N) is 1. The van der Waals surface area contributed by atoms with Gasteiger partial charge >= 0.3 is 0 Å². The lowest BCUT2D eigenvalue weighted by molar-refractivity contribution is 0.0609. The lowest BCUT2D eigenvalue weighted by Crippen LogP contribution is -2.36. The van der Waals surface area contributed by atoms with Gasteiger partial charge in [0.1, 0.15) is 11.6 Å². The van der Waals surface area contributed by atoms with Crippen molar-refractivity contribution in [3.05, 3.63) is 70.3 Å². The second-order valence-electron chi connectivity index (χ2n) is 8.40. The van der Waals surface area contributed by atoms with Crippen LogP contribution < -0.4 is 5.32 Å². The summed E-state index contributed by atoms with van der Waals surface area (Å²) in [7, 11) is 0. The molecule has 1 heterocycles. The number of benzene rings is 2. The van der Waals surface area contributed by atoms with Gasteiger partial charge in [0.15, 0.2) is 0 Å². The highest BCUT2D eigenvalue weighted by Gasteiger charge is 2.53. The molecule has 156 valence electrons. The summed E-state index contributed by atoms with van der Waals surface area (Å²) in [5.41, 5.74) is 0.554. The van der Waals surface area contributed by atoms with E-state index in [0.717, 1.165) is 6.07 Å². The number of rotatable bonds is 5. The SMILES string of the molecule is CC(C)N1C(=O)c2ccc(C(=O)NCC3(c4ccc(F)cc4F)CC3C)cc2C1=O. The summed E-state index contributed by atoms with van der Waals surface area (Å²) in [5.74, 6) is -2.33. The molecule has 7 heteroatoms. The summed E-state index contributed by atoms with van der Waals surface area (Å²) in [6.45, 7) is 5.65. The Labute approximate surface area is 173 Å². The molecule has 1 aliphatic carbocycles. The number of amides is 3. The van der Waals surface area contributed by atoms with E-state index in [1.807, 2.05) is 6.92 Å². The average molecular weight is 412 g/mol. The van der Waals surface area contributed by atoms with Crippen molar-refractivity contribution < 1.29 is 23.2 Å². The first-order chi connectivity index (χ1) is 14.2. The highest BCUT2D eigenvalue weighted by Crippen LogP contribution is 2.54. The van der Waals surface area contributed by atoms with E-state index in [-0.39, 0.29) is 41.1 Å². The standard InChI is InChI=1S/C23H22F2N2O3/c1-12(2)27-21(29)16-6-4-14(8-17(16)22(27)30)20(28)26-11-23(10-13(23)3)18-7-5-15(24)9-19(18)25/h4-9,12-13H,10-11H2,1-3H3,(H,26,28). The molecule has 1 fully saturated rings. The molecule has 2 aliphatic rings. The molecule has 0 bridgehead atoms. The van der Waals surface area contributed by atoms with Crippen molar-refractivity contribution in [2.45, 2.75) is 38.6 Å². The minimum absolute atomic E-state index is 0.136. The summed E-state index contributed by atoms with van der Waals surface area (Å²) in [6.07, 6.45) is 0.677. The van der Waals surface area contributed by atoms with E-state index < -0.39 is 28.9 Å². The van der Waals surface area contributed by atoms with Crippen LogP contribution in [0.2, 0.25) is 0 Å². The van der Waals surface area contributed by atoms with Crippen LogP contribution in [0.1, 0.15) is 63.8 Å². The van der Waals surface area contributed by atoms with Gasteiger partial charge in [-0.05, 0) is 56.0 Å². The van der Waals surface area contributed by atoms with Gasteiger partial charge in [0.2, 0.25) is 0 Å². The highest BCUT2D eigenvalue weighted by molar-refractivity contribution is 6.22. The maximum Gasteiger partial charge on any atom is 0.261 e. The second kappa shape index (κ2) is 7.00. The molecule has 0 radical (unpaired) electrons. The van der Waals surface area contributed by atoms with Gasteiger partial charge in [-0.25, -0.2) is 8.78 Å². The topological polar surface area (TPSA) is 66.5 Å². The number of carbonyl (C=O) groups is 3. The Morgan fingerprint density at radius 2 is 1.80 bits per heavy atom. The minimum Gasteiger partial charge on any atom is -0.351 e. The number of hydrogen-bond donors (Lipinski definition) is 1. The summed E-state index contributed by atoms with van der Waals surface area (Å²) in [5, 5.41) is 2.81. The number of carbonyl (C=O) groups excluding carboxylic acids is 3. The predicted molar refractivity (Wildman–Crippen MR) is 106 cm³/mol. The molecule has 1 N–H and O–H groups in total. The largest absolute Gasteiger partial charge is 0.351 e. The molecule has 5 nitrogen and oxygen atoms in total. The van der Waals surface area contributed by atoms with E-state index >= 15 is 0 Å². The summed E-state index contributed by atoms with van der Waals surface area (Å²) in [6, 6.07) is 7.64. The molecule has 0 saturated heterocycles. The maximum atomic E-state index is 14.3. The van der Waals surface area contributed by atoms with Crippen molar-refractivity contribution in [1.29, 1.82) is 0 Å². The first kappa shape index (κ1) is 20.2. The third-order valence-corrected chi connectivity index (χ3v) is 6.18. The maximum absolute atomic E-state index is 14.3. The van der Waals surface area contributed by atoms with Gasteiger partial charge in [-0.15, -0.1) is 0 Å². The van der Waals surface area contributed by atoms with Gasteiger partial charge in [0, 0.05) is 29.6 Å². The number of hydrogen-bond acceptors (Lipinski definition) is 3. The van der Waals surface area contributed by atoms with E-state index in [1.165, 1.54) is 35.2 Å². The third-order valence-electron chi connectivity index (χ3n) is 6.18. The van der Waals surface area contributed by atoms with Gasteiger partial charge in [0.05, 0.1) is 11.1 Å². The smallest absolute Gasteiger partial charge is 0.261 e. The van der Waals surface area contributed by atoms with Crippen LogP contribution in [0, 0.1) is 17.6 Å². The van der Waals surface area contributed by atoms with E-state index in [0.29, 0.717) is 12.0 Å². The first-order valence-corrected chi connectivity index (χ1v) is 9.91.